The van der Waals surface area contributed by atoms with E-state index in [1.807, 2.05) is 27.8 Å². The Morgan fingerprint density at radius 3 is 2.29 bits per heavy atom. The van der Waals surface area contributed by atoms with E-state index in [0.717, 1.165) is 0 Å². The van der Waals surface area contributed by atoms with Gasteiger partial charge in [-0.05, 0) is 34.3 Å². The van der Waals surface area contributed by atoms with Crippen molar-refractivity contribution in [1.82, 2.24) is 4.90 Å². The molecule has 0 bridgehead atoms. The van der Waals surface area contributed by atoms with Gasteiger partial charge in [0.2, 0.25) is 0 Å². The van der Waals surface area contributed by atoms with Gasteiger partial charge < -0.3 is 9.64 Å². The lowest BCUT2D eigenvalue weighted by Gasteiger charge is -2.29. The molecule has 0 aromatic heterocycles. The highest BCUT2D eigenvalue weighted by Crippen LogP contribution is 2.44. The molecule has 0 spiro atoms. The number of hydrogen-bond donors (Lipinski definition) is 0. The summed E-state index contributed by atoms with van der Waals surface area (Å²) in [7, 11) is 1.82. The van der Waals surface area contributed by atoms with Crippen LogP contribution in [0.15, 0.2) is 12.5 Å². The summed E-state index contributed by atoms with van der Waals surface area (Å²) in [6.07, 6.45) is 0.565. The van der Waals surface area contributed by atoms with Crippen molar-refractivity contribution in [2.24, 2.45) is 0 Å². The number of nitrogens with zero attached hydrogens (tertiary/aromatic N) is 1. The molecule has 0 aliphatic heterocycles. The molecule has 0 radical (unpaired) electrons. The maximum Gasteiger partial charge on any atom is 0.182 e. The van der Waals surface area contributed by atoms with Crippen LogP contribution in [0.1, 0.15) is 34.1 Å². The van der Waals surface area contributed by atoms with Gasteiger partial charge in [0.15, 0.2) is 5.88 Å². The minimum absolute atomic E-state index is 0.0719. The summed E-state index contributed by atoms with van der Waals surface area (Å²) in [5, 5.41) is 0. The molecular weight excluding hydrogens is 181 g/mol. The summed E-state index contributed by atoms with van der Waals surface area (Å²) >= 11 is 0. The van der Waals surface area contributed by atoms with E-state index in [2.05, 4.69) is 6.58 Å². The molecule has 0 saturated heterocycles. The van der Waals surface area contributed by atoms with Gasteiger partial charge in [0.1, 0.15) is 11.3 Å². The topological polar surface area (TPSA) is 12.5 Å². The number of ether oxygens (including phenoxy) is 1. The molecule has 82 valence electrons. The van der Waals surface area contributed by atoms with Crippen LogP contribution in [0, 0.1) is 0 Å². The van der Waals surface area contributed by atoms with Crippen molar-refractivity contribution in [2.45, 2.75) is 51.4 Å². The Labute approximate surface area is 85.7 Å². The molecule has 14 heavy (non-hydrogen) atoms. The van der Waals surface area contributed by atoms with Crippen LogP contribution in [-0.4, -0.2) is 29.3 Å². The van der Waals surface area contributed by atoms with E-state index in [-0.39, 0.29) is 11.6 Å². The van der Waals surface area contributed by atoms with E-state index in [4.69, 9.17) is 4.74 Å². The zero-order valence-corrected chi connectivity index (χ0v) is 9.72. The van der Waals surface area contributed by atoms with Crippen LogP contribution < -0.4 is 0 Å². The molecule has 1 aliphatic rings. The molecule has 1 fully saturated rings. The molecule has 2 atom stereocenters. The standard InChI is InChI=1S/C11H20FNO/c1-8(14-10(2,3)4)13(6)9-7-11(9,5)12/h9H,1,7H2,2-6H3. The van der Waals surface area contributed by atoms with Crippen molar-refractivity contribution in [2.75, 3.05) is 7.05 Å². The summed E-state index contributed by atoms with van der Waals surface area (Å²) in [5.74, 6) is 0.545. The summed E-state index contributed by atoms with van der Waals surface area (Å²) < 4.78 is 18.9. The zero-order chi connectivity index (χ0) is 11.1. The first-order valence-corrected chi connectivity index (χ1v) is 4.93. The van der Waals surface area contributed by atoms with Crippen LogP contribution in [0.2, 0.25) is 0 Å². The smallest absolute Gasteiger partial charge is 0.182 e. The molecule has 0 heterocycles. The quantitative estimate of drug-likeness (QED) is 0.651. The highest BCUT2D eigenvalue weighted by Gasteiger charge is 2.54. The molecule has 3 heteroatoms. The van der Waals surface area contributed by atoms with Gasteiger partial charge in [0, 0.05) is 13.5 Å². The summed E-state index contributed by atoms with van der Waals surface area (Å²) in [6.45, 7) is 11.3. The maximum atomic E-state index is 13.4. The van der Waals surface area contributed by atoms with Gasteiger partial charge in [0.05, 0.1) is 6.04 Å². The molecule has 0 amide bonds. The van der Waals surface area contributed by atoms with E-state index in [1.54, 1.807) is 11.8 Å². The Morgan fingerprint density at radius 1 is 1.57 bits per heavy atom. The average molecular weight is 201 g/mol. The molecule has 1 rings (SSSR count). The van der Waals surface area contributed by atoms with Crippen molar-refractivity contribution in [1.29, 1.82) is 0 Å². The average Bonchev–Trinajstić information content (AvgIpc) is 2.54. The molecule has 0 aromatic rings. The van der Waals surface area contributed by atoms with Gasteiger partial charge in [-0.25, -0.2) is 4.39 Å². The van der Waals surface area contributed by atoms with Gasteiger partial charge in [0.25, 0.3) is 0 Å². The molecule has 0 aromatic carbocycles. The fraction of sp³-hybridized carbons (Fsp3) is 0.818. The normalized spacial score (nSPS) is 31.1. The van der Waals surface area contributed by atoms with Crippen LogP contribution in [0.4, 0.5) is 4.39 Å². The van der Waals surface area contributed by atoms with Crippen LogP contribution in [0.3, 0.4) is 0 Å². The van der Waals surface area contributed by atoms with E-state index in [1.165, 1.54) is 0 Å². The predicted octanol–water partition coefficient (Wildman–Crippen LogP) is 2.71. The zero-order valence-electron chi connectivity index (χ0n) is 9.72. The van der Waals surface area contributed by atoms with E-state index >= 15 is 0 Å². The highest BCUT2D eigenvalue weighted by molar-refractivity contribution is 5.10. The number of alkyl halides is 1. The second-order valence-electron chi connectivity index (χ2n) is 5.22. The number of hydrogen-bond acceptors (Lipinski definition) is 2. The Balaban J connectivity index is 2.47. The highest BCUT2D eigenvalue weighted by atomic mass is 19.1. The van der Waals surface area contributed by atoms with Gasteiger partial charge in [-0.3, -0.25) is 0 Å². The van der Waals surface area contributed by atoms with Gasteiger partial charge >= 0.3 is 0 Å². The molecule has 2 unspecified atom stereocenters. The van der Waals surface area contributed by atoms with E-state index < -0.39 is 5.67 Å². The van der Waals surface area contributed by atoms with Gasteiger partial charge in [-0.15, -0.1) is 0 Å². The monoisotopic (exact) mass is 201 g/mol. The summed E-state index contributed by atoms with van der Waals surface area (Å²) in [4.78, 5) is 1.78. The summed E-state index contributed by atoms with van der Waals surface area (Å²) in [5.41, 5.74) is -1.34. The minimum atomic E-state index is -1.07. The van der Waals surface area contributed by atoms with Crippen LogP contribution in [-0.2, 0) is 4.74 Å². The van der Waals surface area contributed by atoms with Gasteiger partial charge in [-0.2, -0.15) is 0 Å². The second kappa shape index (κ2) is 3.14. The maximum absolute atomic E-state index is 13.4. The third kappa shape index (κ3) is 2.63. The van der Waals surface area contributed by atoms with Crippen LogP contribution in [0.5, 0.6) is 0 Å². The Hall–Kier alpha value is -0.730. The van der Waals surface area contributed by atoms with E-state index in [0.29, 0.717) is 12.3 Å². The molecule has 2 nitrogen and oxygen atoms in total. The summed E-state index contributed by atoms with van der Waals surface area (Å²) in [6, 6.07) is -0.0719. The fourth-order valence-electron chi connectivity index (χ4n) is 1.46. The minimum Gasteiger partial charge on any atom is -0.474 e. The van der Waals surface area contributed by atoms with Crippen molar-refractivity contribution >= 4 is 0 Å². The Morgan fingerprint density at radius 2 is 2.00 bits per heavy atom. The number of halogens is 1. The van der Waals surface area contributed by atoms with Crippen molar-refractivity contribution in [3.63, 3.8) is 0 Å². The second-order valence-corrected chi connectivity index (χ2v) is 5.22. The Bertz CT molecular complexity index is 242. The van der Waals surface area contributed by atoms with Crippen molar-refractivity contribution in [3.8, 4) is 0 Å². The van der Waals surface area contributed by atoms with Crippen LogP contribution in [0.25, 0.3) is 0 Å². The number of rotatable bonds is 3. The third-order valence-electron chi connectivity index (χ3n) is 2.41. The Kier molecular flexibility index (Phi) is 2.55. The molecule has 1 aliphatic carbocycles. The van der Waals surface area contributed by atoms with E-state index in [9.17, 15) is 4.39 Å². The first kappa shape index (κ1) is 11.3. The molecule has 1 saturated carbocycles. The lowest BCUT2D eigenvalue weighted by atomic mass is 10.2. The third-order valence-corrected chi connectivity index (χ3v) is 2.41. The van der Waals surface area contributed by atoms with Crippen molar-refractivity contribution in [3.05, 3.63) is 12.5 Å². The largest absolute Gasteiger partial charge is 0.474 e. The molecule has 0 N–H and O–H groups in total. The predicted molar refractivity (Wildman–Crippen MR) is 55.7 cm³/mol. The lowest BCUT2D eigenvalue weighted by molar-refractivity contribution is 0.00372. The SMILES string of the molecule is C=C(OC(C)(C)C)N(C)C1CC1(C)F. The fourth-order valence-corrected chi connectivity index (χ4v) is 1.46. The lowest BCUT2D eigenvalue weighted by Crippen LogP contribution is -2.30. The van der Waals surface area contributed by atoms with Gasteiger partial charge in [-0.1, -0.05) is 0 Å². The van der Waals surface area contributed by atoms with Crippen molar-refractivity contribution < 1.29 is 9.13 Å². The van der Waals surface area contributed by atoms with Crippen LogP contribution >= 0.6 is 0 Å². The first-order valence-electron chi connectivity index (χ1n) is 4.93. The molecular formula is C11H20FNO. The first-order chi connectivity index (χ1) is 6.13.